The number of ketones is 1. The third kappa shape index (κ3) is 6.42. The summed E-state index contributed by atoms with van der Waals surface area (Å²) in [5.74, 6) is 5.89. The average Bonchev–Trinajstić information content (AvgIpc) is 2.74. The van der Waals surface area contributed by atoms with Crippen LogP contribution in [0.25, 0.3) is 0 Å². The molecule has 0 N–H and O–H groups in total. The number of carbonyl (C=O) groups excluding carboxylic acids is 1. The van der Waals surface area contributed by atoms with E-state index in [0.717, 1.165) is 32.1 Å². The van der Waals surface area contributed by atoms with E-state index in [1.165, 1.54) is 10.4 Å². The Hall–Kier alpha value is -2.15. The van der Waals surface area contributed by atoms with Gasteiger partial charge in [0.05, 0.1) is 0 Å². The van der Waals surface area contributed by atoms with E-state index in [1.807, 2.05) is 0 Å². The zero-order valence-electron chi connectivity index (χ0n) is 19.0. The van der Waals surface area contributed by atoms with Gasteiger partial charge in [0.1, 0.15) is 0 Å². The molecule has 0 bridgehead atoms. The molecule has 0 unspecified atom stereocenters. The quantitative estimate of drug-likeness (QED) is 0.220. The summed E-state index contributed by atoms with van der Waals surface area (Å²) >= 11 is 0. The lowest BCUT2D eigenvalue weighted by molar-refractivity contribution is -0.113. The normalized spacial score (nSPS) is 11.6. The third-order valence-electron chi connectivity index (χ3n) is 5.42. The molecule has 2 nitrogen and oxygen atoms in total. The van der Waals surface area contributed by atoms with Gasteiger partial charge in [-0.15, -0.1) is 0 Å². The molecule has 30 heavy (non-hydrogen) atoms. The number of hydrogen-bond donors (Lipinski definition) is 0. The number of rotatable bonds is 10. The van der Waals surface area contributed by atoms with Crippen molar-refractivity contribution in [2.45, 2.75) is 71.3 Å². The van der Waals surface area contributed by atoms with Crippen LogP contribution in [0.15, 0.2) is 60.7 Å². The second kappa shape index (κ2) is 11.9. The molecule has 0 heterocycles. The van der Waals surface area contributed by atoms with Crippen LogP contribution in [-0.4, -0.2) is 20.7 Å². The van der Waals surface area contributed by atoms with Crippen LogP contribution in [0.3, 0.4) is 0 Å². The fourth-order valence-electron chi connectivity index (χ4n) is 3.86. The first-order valence-electron chi connectivity index (χ1n) is 11.2. The van der Waals surface area contributed by atoms with Gasteiger partial charge in [0.25, 0.3) is 8.32 Å². The zero-order chi connectivity index (χ0) is 21.9. The van der Waals surface area contributed by atoms with Crippen molar-refractivity contribution in [3.8, 4) is 11.8 Å². The summed E-state index contributed by atoms with van der Waals surface area (Å²) in [7, 11) is -2.44. The molecular weight excluding hydrogens is 384 g/mol. The van der Waals surface area contributed by atoms with Crippen LogP contribution in [0.2, 0.25) is 5.04 Å². The maximum absolute atomic E-state index is 11.7. The van der Waals surface area contributed by atoms with Crippen LogP contribution in [-0.2, 0) is 9.22 Å². The zero-order valence-corrected chi connectivity index (χ0v) is 20.0. The maximum atomic E-state index is 11.7. The van der Waals surface area contributed by atoms with E-state index in [9.17, 15) is 4.79 Å². The van der Waals surface area contributed by atoms with Crippen molar-refractivity contribution in [1.82, 2.24) is 0 Å². The van der Waals surface area contributed by atoms with Crippen molar-refractivity contribution >= 4 is 24.5 Å². The fourth-order valence-corrected chi connectivity index (χ4v) is 8.47. The molecule has 0 saturated heterocycles. The Bertz CT molecular complexity index is 786. The van der Waals surface area contributed by atoms with Crippen molar-refractivity contribution in [1.29, 1.82) is 0 Å². The van der Waals surface area contributed by atoms with E-state index in [4.69, 9.17) is 4.43 Å². The minimum atomic E-state index is -2.44. The van der Waals surface area contributed by atoms with E-state index in [0.29, 0.717) is 13.0 Å². The first-order chi connectivity index (χ1) is 14.4. The highest BCUT2D eigenvalue weighted by molar-refractivity contribution is 6.99. The molecule has 3 heteroatoms. The molecule has 2 aromatic carbocycles. The Morgan fingerprint density at radius 3 is 1.97 bits per heavy atom. The summed E-state index contributed by atoms with van der Waals surface area (Å²) in [6.45, 7) is 9.69. The van der Waals surface area contributed by atoms with Gasteiger partial charge in [0, 0.05) is 19.4 Å². The van der Waals surface area contributed by atoms with Gasteiger partial charge in [-0.3, -0.25) is 4.79 Å². The van der Waals surface area contributed by atoms with Gasteiger partial charge in [0.15, 0.2) is 0 Å². The van der Waals surface area contributed by atoms with E-state index >= 15 is 0 Å². The van der Waals surface area contributed by atoms with Gasteiger partial charge in [-0.05, 0) is 40.6 Å². The summed E-state index contributed by atoms with van der Waals surface area (Å²) in [4.78, 5) is 11.7. The number of hydrogen-bond acceptors (Lipinski definition) is 2. The SMILES string of the molecule is CCCCC(=O)C#CCCCCO[Si](c1ccccc1)(c1ccccc1)C(C)(C)C. The third-order valence-corrected chi connectivity index (χ3v) is 10.5. The average molecular weight is 421 g/mol. The Kier molecular flexibility index (Phi) is 9.56. The molecular formula is C27H36O2Si. The highest BCUT2D eigenvalue weighted by atomic mass is 28.4. The highest BCUT2D eigenvalue weighted by Crippen LogP contribution is 2.36. The molecule has 0 fully saturated rings. The van der Waals surface area contributed by atoms with Crippen LogP contribution in [0.1, 0.15) is 66.2 Å². The lowest BCUT2D eigenvalue weighted by Crippen LogP contribution is -2.66. The first kappa shape index (κ1) is 24.1. The van der Waals surface area contributed by atoms with Crippen molar-refractivity contribution in [3.63, 3.8) is 0 Å². The topological polar surface area (TPSA) is 26.3 Å². The predicted octanol–water partition coefficient (Wildman–Crippen LogP) is 5.50. The molecule has 0 aliphatic heterocycles. The van der Waals surface area contributed by atoms with Gasteiger partial charge in [-0.2, -0.15) is 0 Å². The summed E-state index contributed by atoms with van der Waals surface area (Å²) in [5.41, 5.74) is 0. The second-order valence-electron chi connectivity index (χ2n) is 8.80. The van der Waals surface area contributed by atoms with Crippen molar-refractivity contribution in [2.75, 3.05) is 6.61 Å². The Labute approximate surface area is 184 Å². The number of benzene rings is 2. The van der Waals surface area contributed by atoms with Crippen LogP contribution in [0.4, 0.5) is 0 Å². The number of unbranched alkanes of at least 4 members (excludes halogenated alkanes) is 3. The molecule has 2 aromatic rings. The van der Waals surface area contributed by atoms with Gasteiger partial charge >= 0.3 is 0 Å². The Morgan fingerprint density at radius 1 is 0.900 bits per heavy atom. The number of Topliss-reactive ketones (excluding diaryl/α,β-unsaturated/α-hetero) is 1. The molecule has 0 aliphatic rings. The highest BCUT2D eigenvalue weighted by Gasteiger charge is 2.49. The largest absolute Gasteiger partial charge is 0.407 e. The lowest BCUT2D eigenvalue weighted by atomic mass is 10.2. The van der Waals surface area contributed by atoms with E-state index in [1.54, 1.807) is 0 Å². The predicted molar refractivity (Wildman–Crippen MR) is 130 cm³/mol. The van der Waals surface area contributed by atoms with E-state index in [-0.39, 0.29) is 10.8 Å². The van der Waals surface area contributed by atoms with E-state index in [2.05, 4.69) is 100 Å². The summed E-state index contributed by atoms with van der Waals surface area (Å²) in [6, 6.07) is 21.5. The van der Waals surface area contributed by atoms with Crippen LogP contribution in [0, 0.1) is 11.8 Å². The summed E-state index contributed by atoms with van der Waals surface area (Å²) in [5, 5.41) is 2.62. The minimum Gasteiger partial charge on any atom is -0.407 e. The number of carbonyl (C=O) groups is 1. The van der Waals surface area contributed by atoms with Crippen LogP contribution >= 0.6 is 0 Å². The van der Waals surface area contributed by atoms with Crippen LogP contribution in [0.5, 0.6) is 0 Å². The van der Waals surface area contributed by atoms with Crippen LogP contribution < -0.4 is 10.4 Å². The molecule has 0 amide bonds. The van der Waals surface area contributed by atoms with Crippen molar-refractivity contribution < 1.29 is 9.22 Å². The lowest BCUT2D eigenvalue weighted by Gasteiger charge is -2.43. The Balaban J connectivity index is 2.09. The molecule has 0 aromatic heterocycles. The standard InChI is InChI=1S/C27H36O2Si/c1-5-6-17-24(28)18-11-7-8-16-23-29-30(27(2,3)4,25-19-12-9-13-20-25)26-21-14-10-15-22-26/h9-10,12-15,19-22H,5-8,16-17,23H2,1-4H3. The van der Waals surface area contributed by atoms with Gasteiger partial charge in [-0.1, -0.05) is 101 Å². The summed E-state index contributed by atoms with van der Waals surface area (Å²) < 4.78 is 6.87. The Morgan fingerprint density at radius 2 is 1.47 bits per heavy atom. The molecule has 0 radical (unpaired) electrons. The van der Waals surface area contributed by atoms with Gasteiger partial charge < -0.3 is 4.43 Å². The molecule has 0 aliphatic carbocycles. The molecule has 0 saturated carbocycles. The van der Waals surface area contributed by atoms with E-state index < -0.39 is 8.32 Å². The maximum Gasteiger partial charge on any atom is 0.261 e. The molecule has 2 rings (SSSR count). The minimum absolute atomic E-state index is 0.00120. The fraction of sp³-hybridized carbons (Fsp3) is 0.444. The molecule has 160 valence electrons. The molecule has 0 atom stereocenters. The van der Waals surface area contributed by atoms with Gasteiger partial charge in [-0.25, -0.2) is 0 Å². The first-order valence-corrected chi connectivity index (χ1v) is 13.1. The smallest absolute Gasteiger partial charge is 0.261 e. The monoisotopic (exact) mass is 420 g/mol. The summed E-state index contributed by atoms with van der Waals surface area (Å²) in [6.07, 6.45) is 5.20. The molecule has 0 spiro atoms. The second-order valence-corrected chi connectivity index (χ2v) is 13.1. The van der Waals surface area contributed by atoms with Crippen molar-refractivity contribution in [3.05, 3.63) is 60.7 Å². The van der Waals surface area contributed by atoms with Crippen molar-refractivity contribution in [2.24, 2.45) is 0 Å². The van der Waals surface area contributed by atoms with Gasteiger partial charge in [0.2, 0.25) is 5.78 Å².